The molecule has 3 aliphatic rings. The fourth-order valence-corrected chi connectivity index (χ4v) is 8.53. The second-order valence-electron chi connectivity index (χ2n) is 18.6. The minimum atomic E-state index is -1.93. The van der Waals surface area contributed by atoms with Crippen molar-refractivity contribution in [1.29, 1.82) is 0 Å². The summed E-state index contributed by atoms with van der Waals surface area (Å²) in [5, 5.41) is 88.9. The van der Waals surface area contributed by atoms with Gasteiger partial charge in [-0.05, 0) is 52.4 Å². The fourth-order valence-electron chi connectivity index (χ4n) is 8.53. The van der Waals surface area contributed by atoms with Crippen molar-refractivity contribution in [2.45, 2.75) is 178 Å². The van der Waals surface area contributed by atoms with Crippen LogP contribution in [0.4, 0.5) is 0 Å². The molecule has 0 unspecified atom stereocenters. The summed E-state index contributed by atoms with van der Waals surface area (Å²) in [4.78, 5) is 135. The Morgan fingerprint density at radius 2 is 1.16 bits per heavy atom. The van der Waals surface area contributed by atoms with Crippen molar-refractivity contribution >= 4 is 59.1 Å². The number of nitrogens with two attached hydrogens (primary N) is 1. The molecule has 0 bridgehead atoms. The molecule has 0 spiro atoms. The van der Waals surface area contributed by atoms with Crippen molar-refractivity contribution in [3.63, 3.8) is 0 Å². The molecule has 29 nitrogen and oxygen atoms in total. The van der Waals surface area contributed by atoms with Gasteiger partial charge in [0.15, 0.2) is 6.29 Å². The lowest BCUT2D eigenvalue weighted by molar-refractivity contribution is -0.271. The van der Waals surface area contributed by atoms with E-state index in [2.05, 4.69) is 37.2 Å². The van der Waals surface area contributed by atoms with E-state index in [9.17, 15) is 83.7 Å². The van der Waals surface area contributed by atoms with Gasteiger partial charge in [-0.3, -0.25) is 47.9 Å². The third kappa shape index (κ3) is 16.4. The highest BCUT2D eigenvalue weighted by molar-refractivity contribution is 5.98. The van der Waals surface area contributed by atoms with Crippen LogP contribution < -0.4 is 43.0 Å². The molecule has 3 fully saturated rings. The first-order valence-electron chi connectivity index (χ1n) is 24.1. The summed E-state index contributed by atoms with van der Waals surface area (Å²) in [6.07, 6.45) is -10.1. The lowest BCUT2D eigenvalue weighted by atomic mass is 9.97. The maximum atomic E-state index is 14.2. The molecule has 0 saturated carbocycles. The van der Waals surface area contributed by atoms with Gasteiger partial charge in [0.2, 0.25) is 59.1 Å². The van der Waals surface area contributed by atoms with Gasteiger partial charge in [0, 0.05) is 26.9 Å². The number of aliphatic hydroxyl groups excluding tert-OH is 7. The third-order valence-electron chi connectivity index (χ3n) is 12.9. The topological polar surface area (TPSA) is 447 Å². The van der Waals surface area contributed by atoms with Gasteiger partial charge < -0.3 is 98.0 Å². The van der Waals surface area contributed by atoms with Crippen molar-refractivity contribution in [2.75, 3.05) is 32.9 Å². The Morgan fingerprint density at radius 3 is 1.67 bits per heavy atom. The zero-order valence-corrected chi connectivity index (χ0v) is 41.9. The van der Waals surface area contributed by atoms with Crippen LogP contribution in [-0.2, 0) is 57.4 Å². The number of aliphatic hydroxyl groups is 7. The normalized spacial score (nSPS) is 26.0. The molecule has 3 heterocycles. The molecule has 3 saturated heterocycles. The number of nitrogens with zero attached hydrogens (tertiary/aromatic N) is 2. The molecule has 0 aromatic carbocycles. The smallest absolute Gasteiger partial charge is 0.248 e. The number of hydrogen-bond acceptors (Lipinski definition) is 19. The largest absolute Gasteiger partial charge is 0.394 e. The maximum absolute atomic E-state index is 14.2. The Kier molecular flexibility index (Phi) is 23.8. The van der Waals surface area contributed by atoms with Crippen molar-refractivity contribution in [3.05, 3.63) is 0 Å². The number of amides is 10. The Labute approximate surface area is 421 Å². The summed E-state index contributed by atoms with van der Waals surface area (Å²) in [7, 11) is 0. The summed E-state index contributed by atoms with van der Waals surface area (Å²) in [6, 6.07) is -13.9. The molecule has 10 amide bonds. The molecular weight excluding hydrogens is 973 g/mol. The monoisotopic (exact) mass is 1050 g/mol. The van der Waals surface area contributed by atoms with Gasteiger partial charge in [-0.1, -0.05) is 20.3 Å². The average Bonchev–Trinajstić information content (AvgIpc) is 4.04. The molecule has 0 aromatic heterocycles. The summed E-state index contributed by atoms with van der Waals surface area (Å²) < 4.78 is 11.4. The standard InChI is InChI=1S/C44H74N10O19/c1-8-18(2)29(41(69)47-24(15-55)37(65)50-30(19(3)57)36(45)64)49-40(68)27-12-10-14-54(27)43(71)32(21(5)59)52-42(70)31(20(4)58)51-38(66)25(48-39(67)26-11-9-13-53(26)23(7)61)17-72-44-33(46-22(6)60)35(63)34(62)28(16-56)73-44/h18-21,24-35,44,55-59,62-63H,8-17H2,1-7H3,(H2,45,64)(H,46,60)(H,47,69)(H,48,67)(H,49,68)(H,50,65)(H,51,66)(H,52,70)/t18-,19+,20+,21+,24-,25-,26-,27-,28+,29-,30-,31-,32-,33+,34-,35+,44-/m0/s1. The molecule has 414 valence electrons. The van der Waals surface area contributed by atoms with E-state index in [-0.39, 0.29) is 32.4 Å². The van der Waals surface area contributed by atoms with Gasteiger partial charge in [0.25, 0.3) is 0 Å². The first-order valence-corrected chi connectivity index (χ1v) is 24.1. The van der Waals surface area contributed by atoms with Gasteiger partial charge in [-0.25, -0.2) is 0 Å². The highest BCUT2D eigenvalue weighted by Gasteiger charge is 2.47. The molecule has 29 heteroatoms. The van der Waals surface area contributed by atoms with Crippen LogP contribution in [0.1, 0.15) is 80.6 Å². The predicted molar refractivity (Wildman–Crippen MR) is 249 cm³/mol. The number of hydrogen-bond donors (Lipinski definition) is 15. The van der Waals surface area contributed by atoms with Crippen LogP contribution in [-0.4, -0.2) is 235 Å². The lowest BCUT2D eigenvalue weighted by Gasteiger charge is -2.42. The van der Waals surface area contributed by atoms with Crippen LogP contribution in [0.2, 0.25) is 0 Å². The van der Waals surface area contributed by atoms with Gasteiger partial charge in [0.1, 0.15) is 72.7 Å². The van der Waals surface area contributed by atoms with E-state index in [1.807, 2.05) is 0 Å². The van der Waals surface area contributed by atoms with Gasteiger partial charge in [-0.15, -0.1) is 0 Å². The zero-order chi connectivity index (χ0) is 55.2. The predicted octanol–water partition coefficient (Wildman–Crippen LogP) is -8.48. The minimum absolute atomic E-state index is 0.0483. The number of carbonyl (C=O) groups excluding carboxylic acids is 10. The first kappa shape index (κ1) is 61.6. The summed E-state index contributed by atoms with van der Waals surface area (Å²) >= 11 is 0. The van der Waals surface area contributed by atoms with Gasteiger partial charge >= 0.3 is 0 Å². The van der Waals surface area contributed by atoms with Crippen molar-refractivity contribution in [3.8, 4) is 0 Å². The lowest BCUT2D eigenvalue weighted by Crippen LogP contribution is -2.65. The van der Waals surface area contributed by atoms with Crippen LogP contribution in [0.5, 0.6) is 0 Å². The molecule has 0 radical (unpaired) electrons. The van der Waals surface area contributed by atoms with Crippen molar-refractivity contribution < 1.29 is 93.2 Å². The van der Waals surface area contributed by atoms with Crippen molar-refractivity contribution in [2.24, 2.45) is 11.7 Å². The third-order valence-corrected chi connectivity index (χ3v) is 12.9. The quantitative estimate of drug-likeness (QED) is 0.0404. The number of ether oxygens (including phenoxy) is 2. The molecule has 16 N–H and O–H groups in total. The van der Waals surface area contributed by atoms with E-state index in [1.165, 1.54) is 18.7 Å². The van der Waals surface area contributed by atoms with Crippen molar-refractivity contribution in [1.82, 2.24) is 47.0 Å². The zero-order valence-electron chi connectivity index (χ0n) is 41.9. The molecule has 0 aromatic rings. The number of nitrogens with one attached hydrogen (secondary N) is 7. The second kappa shape index (κ2) is 28.1. The summed E-state index contributed by atoms with van der Waals surface area (Å²) in [6.45, 7) is 6.59. The minimum Gasteiger partial charge on any atom is -0.394 e. The average molecular weight is 1050 g/mol. The number of rotatable bonds is 25. The van der Waals surface area contributed by atoms with Crippen LogP contribution in [0.15, 0.2) is 0 Å². The molecule has 73 heavy (non-hydrogen) atoms. The second-order valence-corrected chi connectivity index (χ2v) is 18.6. The van der Waals surface area contributed by atoms with Gasteiger partial charge in [0.05, 0.1) is 38.1 Å². The molecule has 3 rings (SSSR count). The number of carbonyl (C=O) groups is 10. The van der Waals surface area contributed by atoms with E-state index in [0.717, 1.165) is 25.7 Å². The SMILES string of the molecule is CC[C@H](C)[C@H](NC(=O)[C@@H]1CCCN1C(=O)[C@@H](NC(=O)[C@@H](NC(=O)[C@H](CO[C@H]1O[C@H](CO)[C@H](O)[C@H](O)[C@H]1NC(C)=O)NC(=O)[C@@H]1CCCN1C(C)=O)[C@@H](C)O)[C@@H](C)O)C(=O)N[C@@H](CO)C(=O)N[C@H](C(N)=O)[C@@H](C)O. The van der Waals surface area contributed by atoms with E-state index in [0.29, 0.717) is 12.8 Å². The maximum Gasteiger partial charge on any atom is 0.248 e. The Balaban J connectivity index is 1.84. The van der Waals surface area contributed by atoms with E-state index in [1.54, 1.807) is 13.8 Å². The van der Waals surface area contributed by atoms with Crippen LogP contribution >= 0.6 is 0 Å². The molecular formula is C44H74N10O19. The van der Waals surface area contributed by atoms with Crippen LogP contribution in [0.3, 0.4) is 0 Å². The van der Waals surface area contributed by atoms with E-state index >= 15 is 0 Å². The van der Waals surface area contributed by atoms with Crippen LogP contribution in [0, 0.1) is 5.92 Å². The fraction of sp³-hybridized carbons (Fsp3) is 0.773. The summed E-state index contributed by atoms with van der Waals surface area (Å²) in [5.41, 5.74) is 5.24. The van der Waals surface area contributed by atoms with Crippen LogP contribution in [0.25, 0.3) is 0 Å². The molecule has 3 aliphatic heterocycles. The van der Waals surface area contributed by atoms with E-state index in [4.69, 9.17) is 15.2 Å². The number of likely N-dealkylation sites (tertiary alicyclic amines) is 2. The Bertz CT molecular complexity index is 1980. The van der Waals surface area contributed by atoms with E-state index < -0.39 is 182 Å². The molecule has 0 aliphatic carbocycles. The Morgan fingerprint density at radius 1 is 0.658 bits per heavy atom. The Hall–Kier alpha value is -5.66. The van der Waals surface area contributed by atoms with Gasteiger partial charge in [-0.2, -0.15) is 0 Å². The summed E-state index contributed by atoms with van der Waals surface area (Å²) in [5.74, 6) is -9.92. The first-order chi connectivity index (χ1) is 34.2. The molecule has 17 atom stereocenters. The number of primary amides is 1. The highest BCUT2D eigenvalue weighted by atomic mass is 16.7. The highest BCUT2D eigenvalue weighted by Crippen LogP contribution is 2.24.